The van der Waals surface area contributed by atoms with E-state index in [0.29, 0.717) is 37.1 Å². The summed E-state index contributed by atoms with van der Waals surface area (Å²) >= 11 is 0. The molecule has 2 fully saturated rings. The van der Waals surface area contributed by atoms with Gasteiger partial charge < -0.3 is 37.1 Å². The quantitative estimate of drug-likeness (QED) is 0.172. The first-order valence-corrected chi connectivity index (χ1v) is 14.4. The number of nitrogens with one attached hydrogen (secondary N) is 4. The number of carbonyl (C=O) groups excluding carboxylic acids is 1. The fourth-order valence-corrected chi connectivity index (χ4v) is 6.13. The van der Waals surface area contributed by atoms with E-state index in [0.717, 1.165) is 69.5 Å². The van der Waals surface area contributed by atoms with Crippen molar-refractivity contribution in [2.24, 2.45) is 11.5 Å². The molecule has 0 radical (unpaired) electrons. The molecule has 1 saturated heterocycles. The summed E-state index contributed by atoms with van der Waals surface area (Å²) in [5.41, 5.74) is 12.9. The number of piperidine rings is 1. The van der Waals surface area contributed by atoms with Gasteiger partial charge in [-0.15, -0.1) is 0 Å². The number of rotatable bonds is 9. The molecular formula is C28H41N9O3. The molecule has 1 aliphatic carbocycles. The number of hydrogen-bond acceptors (Lipinski definition) is 8. The molecule has 2 aliphatic heterocycles. The van der Waals surface area contributed by atoms with Crippen LogP contribution in [0.25, 0.3) is 0 Å². The highest BCUT2D eigenvalue weighted by Gasteiger charge is 2.31. The molecule has 216 valence electrons. The Hall–Kier alpha value is -3.64. The lowest BCUT2D eigenvalue weighted by Crippen LogP contribution is -2.45. The Kier molecular flexibility index (Phi) is 8.85. The van der Waals surface area contributed by atoms with Gasteiger partial charge in [-0.3, -0.25) is 14.8 Å². The topological polar surface area (TPSA) is 176 Å². The Labute approximate surface area is 234 Å². The fourth-order valence-electron chi connectivity index (χ4n) is 6.13. The maximum atomic E-state index is 13.1. The molecule has 1 saturated carbocycles. The third kappa shape index (κ3) is 6.39. The molecule has 12 nitrogen and oxygen atoms in total. The van der Waals surface area contributed by atoms with Crippen LogP contribution in [0, 0.1) is 5.41 Å². The third-order valence-electron chi connectivity index (χ3n) is 8.28. The number of hydrogen-bond donors (Lipinski definition) is 6. The Morgan fingerprint density at radius 1 is 1.18 bits per heavy atom. The number of anilines is 2. The number of nitrogens with two attached hydrogens (primary N) is 2. The zero-order valence-corrected chi connectivity index (χ0v) is 23.0. The monoisotopic (exact) mass is 551 g/mol. The Balaban J connectivity index is 1.24. The summed E-state index contributed by atoms with van der Waals surface area (Å²) in [7, 11) is 0. The molecule has 0 unspecified atom stereocenters. The molecule has 0 atom stereocenters. The maximum Gasteiger partial charge on any atom is 0.350 e. The minimum absolute atomic E-state index is 0.0142. The number of benzene rings is 1. The molecule has 0 spiro atoms. The smallest absolute Gasteiger partial charge is 0.350 e. The van der Waals surface area contributed by atoms with Crippen molar-refractivity contribution < 1.29 is 9.53 Å². The van der Waals surface area contributed by atoms with Gasteiger partial charge in [0.15, 0.2) is 23.3 Å². The van der Waals surface area contributed by atoms with E-state index in [4.69, 9.17) is 21.6 Å². The first-order valence-electron chi connectivity index (χ1n) is 14.4. The molecule has 5 rings (SSSR count). The summed E-state index contributed by atoms with van der Waals surface area (Å²) in [5.74, 6) is 2.12. The number of carbonyl (C=O) groups is 1. The Morgan fingerprint density at radius 2 is 1.95 bits per heavy atom. The van der Waals surface area contributed by atoms with Gasteiger partial charge in [0.1, 0.15) is 0 Å². The zero-order valence-electron chi connectivity index (χ0n) is 23.0. The van der Waals surface area contributed by atoms with E-state index in [1.54, 1.807) is 10.8 Å². The van der Waals surface area contributed by atoms with Crippen LogP contribution in [0.5, 0.6) is 11.5 Å². The fraction of sp³-hybridized carbons (Fsp3) is 0.571. The summed E-state index contributed by atoms with van der Waals surface area (Å²) in [4.78, 5) is 32.3. The molecule has 1 aromatic carbocycles. The minimum Gasteiger partial charge on any atom is -0.450 e. The van der Waals surface area contributed by atoms with Crippen LogP contribution in [0.1, 0.15) is 68.9 Å². The lowest BCUT2D eigenvalue weighted by atomic mass is 9.89. The highest BCUT2D eigenvalue weighted by atomic mass is 16.5. The van der Waals surface area contributed by atoms with E-state index in [-0.39, 0.29) is 36.1 Å². The van der Waals surface area contributed by atoms with Crippen LogP contribution in [-0.4, -0.2) is 65.1 Å². The summed E-state index contributed by atoms with van der Waals surface area (Å²) in [6.45, 7) is 3.49. The normalized spacial score (nSPS) is 20.4. The van der Waals surface area contributed by atoms with Crippen molar-refractivity contribution in [3.05, 3.63) is 40.4 Å². The van der Waals surface area contributed by atoms with Crippen LogP contribution >= 0.6 is 0 Å². The highest BCUT2D eigenvalue weighted by Crippen LogP contribution is 2.43. The second kappa shape index (κ2) is 12.7. The molecule has 40 heavy (non-hydrogen) atoms. The largest absolute Gasteiger partial charge is 0.450 e. The van der Waals surface area contributed by atoms with E-state index >= 15 is 0 Å². The molecular weight excluding hydrogens is 510 g/mol. The maximum absolute atomic E-state index is 13.1. The van der Waals surface area contributed by atoms with Crippen molar-refractivity contribution in [2.45, 2.75) is 69.4 Å². The molecule has 8 N–H and O–H groups in total. The van der Waals surface area contributed by atoms with Crippen molar-refractivity contribution >= 4 is 23.4 Å². The summed E-state index contributed by atoms with van der Waals surface area (Å²) in [6, 6.07) is 6.34. The molecule has 3 aliphatic rings. The van der Waals surface area contributed by atoms with E-state index < -0.39 is 0 Å². The van der Waals surface area contributed by atoms with Crippen LogP contribution in [0.4, 0.5) is 11.5 Å². The molecule has 2 aromatic rings. The lowest BCUT2D eigenvalue weighted by Gasteiger charge is -2.37. The minimum atomic E-state index is -0.303. The van der Waals surface area contributed by atoms with Crippen LogP contribution in [0.3, 0.4) is 0 Å². The summed E-state index contributed by atoms with van der Waals surface area (Å²) < 4.78 is 7.89. The van der Waals surface area contributed by atoms with Crippen molar-refractivity contribution in [1.82, 2.24) is 25.1 Å². The summed E-state index contributed by atoms with van der Waals surface area (Å²) in [6.07, 6.45) is 8.07. The number of fused-ring (bicyclic) bond motifs is 2. The Morgan fingerprint density at radius 3 is 2.67 bits per heavy atom. The summed E-state index contributed by atoms with van der Waals surface area (Å²) in [5, 5.41) is 16.7. The lowest BCUT2D eigenvalue weighted by molar-refractivity contribution is -0.134. The van der Waals surface area contributed by atoms with Gasteiger partial charge in [-0.25, -0.2) is 4.79 Å². The third-order valence-corrected chi connectivity index (χ3v) is 8.28. The molecule has 1 amide bonds. The van der Waals surface area contributed by atoms with Gasteiger partial charge in [0.05, 0.1) is 11.9 Å². The predicted octanol–water partition coefficient (Wildman–Crippen LogP) is 2.09. The van der Waals surface area contributed by atoms with Crippen molar-refractivity contribution in [3.8, 4) is 11.5 Å². The highest BCUT2D eigenvalue weighted by molar-refractivity contribution is 5.78. The van der Waals surface area contributed by atoms with Gasteiger partial charge >= 0.3 is 5.69 Å². The van der Waals surface area contributed by atoms with Crippen LogP contribution in [-0.2, 0) is 4.79 Å². The van der Waals surface area contributed by atoms with Gasteiger partial charge in [0.2, 0.25) is 5.91 Å². The number of nitrogens with zero attached hydrogens (tertiary/aromatic N) is 3. The molecule has 12 heteroatoms. The van der Waals surface area contributed by atoms with Gasteiger partial charge in [0, 0.05) is 31.6 Å². The number of ether oxygens (including phenoxy) is 1. The van der Waals surface area contributed by atoms with Gasteiger partial charge in [-0.1, -0.05) is 6.07 Å². The van der Waals surface area contributed by atoms with Crippen LogP contribution in [0.2, 0.25) is 0 Å². The van der Waals surface area contributed by atoms with Crippen molar-refractivity contribution in [3.63, 3.8) is 0 Å². The number of aromatic nitrogens is 2. The van der Waals surface area contributed by atoms with E-state index in [9.17, 15) is 9.59 Å². The number of guanidine groups is 1. The van der Waals surface area contributed by atoms with Gasteiger partial charge in [-0.2, -0.15) is 4.98 Å². The van der Waals surface area contributed by atoms with Crippen LogP contribution in [0.15, 0.2) is 29.2 Å². The first-order chi connectivity index (χ1) is 19.4. The second-order valence-electron chi connectivity index (χ2n) is 10.9. The molecule has 1 aromatic heterocycles. The molecule has 0 bridgehead atoms. The zero-order chi connectivity index (χ0) is 28.1. The Bertz CT molecular complexity index is 1270. The van der Waals surface area contributed by atoms with Crippen LogP contribution < -0.4 is 37.8 Å². The standard InChI is InChI=1S/C28H41N9O3/c29-11-1-15-36(25(38)10-14-33-27(30)31)20-3-5-21(6-4-20)37-17-24-26(35-28(37)39)34-22-16-19(2-7-23(22)40-24)18-8-12-32-13-9-18/h2,7,16-18,20-21,32H,1,3-6,8-15,29H2,(H4,30,31,33)(H,34,35,39)/t20-,21-. The van der Waals surface area contributed by atoms with Gasteiger partial charge in [0.25, 0.3) is 0 Å². The van der Waals surface area contributed by atoms with E-state index in [2.05, 4.69) is 33.1 Å². The van der Waals surface area contributed by atoms with Crippen molar-refractivity contribution in [1.29, 1.82) is 5.41 Å². The second-order valence-corrected chi connectivity index (χ2v) is 10.9. The van der Waals surface area contributed by atoms with E-state index in [1.807, 2.05) is 11.0 Å². The van der Waals surface area contributed by atoms with E-state index in [1.165, 1.54) is 5.56 Å². The van der Waals surface area contributed by atoms with Gasteiger partial charge in [-0.05, 0) is 88.2 Å². The van der Waals surface area contributed by atoms with Crippen molar-refractivity contribution in [2.75, 3.05) is 38.0 Å². The predicted molar refractivity (Wildman–Crippen MR) is 154 cm³/mol. The molecule has 3 heterocycles. The first kappa shape index (κ1) is 27.9. The number of amides is 1. The average Bonchev–Trinajstić information content (AvgIpc) is 2.96. The SMILES string of the molecule is N=C(N)NCCC(=O)N(CCCN)[C@H]1CC[C@H](n2cc3c(nc2=O)Nc2cc(C4CCNCC4)ccc2O3)CC1. The average molecular weight is 552 g/mol.